The van der Waals surface area contributed by atoms with E-state index in [2.05, 4.69) is 21.3 Å². The quantitative estimate of drug-likeness (QED) is 0.777. The Morgan fingerprint density at radius 1 is 0.864 bits per heavy atom. The third kappa shape index (κ3) is 3.38. The molecule has 0 aliphatic heterocycles. The average Bonchev–Trinajstić information content (AvgIpc) is 3.12. The number of hydrogen-bond donors (Lipinski definition) is 0. The smallest absolute Gasteiger partial charge is 0.0723 e. The Labute approximate surface area is 132 Å². The molecule has 116 valence electrons. The molecule has 1 aliphatic rings. The number of aliphatic imine (C=N–C) groups is 2. The third-order valence-electron chi connectivity index (χ3n) is 4.46. The van der Waals surface area contributed by atoms with E-state index in [4.69, 9.17) is 9.98 Å². The van der Waals surface area contributed by atoms with Crippen LogP contribution in [-0.2, 0) is 14.1 Å². The first kappa shape index (κ1) is 14.8. The highest BCUT2D eigenvalue weighted by Crippen LogP contribution is 2.24. The van der Waals surface area contributed by atoms with Gasteiger partial charge in [0, 0.05) is 38.9 Å². The molecule has 0 spiro atoms. The maximum absolute atomic E-state index is 4.82. The zero-order valence-electron chi connectivity index (χ0n) is 13.4. The van der Waals surface area contributed by atoms with Crippen molar-refractivity contribution in [2.24, 2.45) is 24.1 Å². The summed E-state index contributed by atoms with van der Waals surface area (Å²) in [5.74, 6) is 0. The molecule has 4 nitrogen and oxygen atoms in total. The molecule has 1 fully saturated rings. The van der Waals surface area contributed by atoms with E-state index >= 15 is 0 Å². The lowest BCUT2D eigenvalue weighted by Gasteiger charge is -2.25. The van der Waals surface area contributed by atoms with Gasteiger partial charge in [-0.05, 0) is 37.1 Å². The highest BCUT2D eigenvalue weighted by Gasteiger charge is 2.23. The minimum atomic E-state index is 0.306. The summed E-state index contributed by atoms with van der Waals surface area (Å²) in [6.45, 7) is 0. The van der Waals surface area contributed by atoms with Crippen molar-refractivity contribution in [1.82, 2.24) is 9.13 Å². The Kier molecular flexibility index (Phi) is 4.56. The fraction of sp³-hybridized carbons (Fsp3) is 0.444. The van der Waals surface area contributed by atoms with Crippen LogP contribution in [-0.4, -0.2) is 33.6 Å². The standard InChI is InChI=1S/C18H24N4/c1-21-11-5-7-15(21)13-19-17-9-3-4-10-18(17)20-14-16-8-6-12-22(16)2/h5-8,11-14,17-18H,3-4,9-10H2,1-2H3/b19-13+,20-14+. The predicted molar refractivity (Wildman–Crippen MR) is 92.1 cm³/mol. The van der Waals surface area contributed by atoms with Crippen molar-refractivity contribution in [3.63, 3.8) is 0 Å². The predicted octanol–water partition coefficient (Wildman–Crippen LogP) is 3.21. The summed E-state index contributed by atoms with van der Waals surface area (Å²) in [4.78, 5) is 9.65. The summed E-state index contributed by atoms with van der Waals surface area (Å²) in [6.07, 6.45) is 12.9. The van der Waals surface area contributed by atoms with Gasteiger partial charge in [0.05, 0.1) is 23.5 Å². The van der Waals surface area contributed by atoms with Crippen molar-refractivity contribution in [2.75, 3.05) is 0 Å². The second-order valence-electron chi connectivity index (χ2n) is 6.06. The van der Waals surface area contributed by atoms with Gasteiger partial charge in [-0.2, -0.15) is 0 Å². The molecule has 0 bridgehead atoms. The van der Waals surface area contributed by atoms with Crippen LogP contribution in [0.25, 0.3) is 0 Å². The van der Waals surface area contributed by atoms with E-state index in [-0.39, 0.29) is 0 Å². The summed E-state index contributed by atoms with van der Waals surface area (Å²) < 4.78 is 4.18. The Hall–Kier alpha value is -2.10. The van der Waals surface area contributed by atoms with Gasteiger partial charge in [-0.3, -0.25) is 9.98 Å². The first-order valence-corrected chi connectivity index (χ1v) is 8.03. The van der Waals surface area contributed by atoms with Crippen LogP contribution < -0.4 is 0 Å². The molecular weight excluding hydrogens is 272 g/mol. The zero-order valence-corrected chi connectivity index (χ0v) is 13.4. The molecule has 2 aromatic rings. The molecule has 0 aromatic carbocycles. The molecule has 2 aromatic heterocycles. The van der Waals surface area contributed by atoms with Crippen LogP contribution in [0.3, 0.4) is 0 Å². The molecule has 3 rings (SSSR count). The molecule has 0 radical (unpaired) electrons. The van der Waals surface area contributed by atoms with E-state index in [1.54, 1.807) is 0 Å². The van der Waals surface area contributed by atoms with Gasteiger partial charge in [0.1, 0.15) is 0 Å². The molecule has 0 N–H and O–H groups in total. The molecule has 2 heterocycles. The summed E-state index contributed by atoms with van der Waals surface area (Å²) in [5.41, 5.74) is 2.30. The first-order chi connectivity index (χ1) is 10.7. The van der Waals surface area contributed by atoms with Crippen molar-refractivity contribution in [2.45, 2.75) is 37.8 Å². The summed E-state index contributed by atoms with van der Waals surface area (Å²) >= 11 is 0. The number of aryl methyl sites for hydroxylation is 2. The Morgan fingerprint density at radius 3 is 1.68 bits per heavy atom. The van der Waals surface area contributed by atoms with Crippen LogP contribution in [0.4, 0.5) is 0 Å². The minimum absolute atomic E-state index is 0.306. The largest absolute Gasteiger partial charge is 0.350 e. The van der Waals surface area contributed by atoms with E-state index in [1.165, 1.54) is 12.8 Å². The Morgan fingerprint density at radius 2 is 1.32 bits per heavy atom. The van der Waals surface area contributed by atoms with Crippen LogP contribution in [0.2, 0.25) is 0 Å². The summed E-state index contributed by atoms with van der Waals surface area (Å²) in [7, 11) is 4.10. The topological polar surface area (TPSA) is 34.6 Å². The lowest BCUT2D eigenvalue weighted by Crippen LogP contribution is -2.27. The van der Waals surface area contributed by atoms with E-state index in [1.807, 2.05) is 51.1 Å². The van der Waals surface area contributed by atoms with Gasteiger partial charge in [0.15, 0.2) is 0 Å². The van der Waals surface area contributed by atoms with Gasteiger partial charge < -0.3 is 9.13 Å². The Bertz CT molecular complexity index is 604. The molecule has 0 saturated heterocycles. The summed E-state index contributed by atoms with van der Waals surface area (Å²) in [5, 5.41) is 0. The Balaban J connectivity index is 1.71. The molecule has 22 heavy (non-hydrogen) atoms. The molecule has 2 atom stereocenters. The van der Waals surface area contributed by atoms with Crippen LogP contribution in [0.5, 0.6) is 0 Å². The fourth-order valence-electron chi connectivity index (χ4n) is 3.00. The van der Waals surface area contributed by atoms with E-state index in [0.29, 0.717) is 12.1 Å². The summed E-state index contributed by atoms with van der Waals surface area (Å²) in [6, 6.07) is 8.89. The van der Waals surface area contributed by atoms with Crippen LogP contribution in [0, 0.1) is 0 Å². The second kappa shape index (κ2) is 6.77. The van der Waals surface area contributed by atoms with Crippen molar-refractivity contribution in [3.05, 3.63) is 48.0 Å². The van der Waals surface area contributed by atoms with E-state index in [9.17, 15) is 0 Å². The van der Waals surface area contributed by atoms with Gasteiger partial charge in [-0.1, -0.05) is 12.8 Å². The fourth-order valence-corrected chi connectivity index (χ4v) is 3.00. The van der Waals surface area contributed by atoms with Gasteiger partial charge in [0.25, 0.3) is 0 Å². The monoisotopic (exact) mass is 296 g/mol. The average molecular weight is 296 g/mol. The zero-order chi connectivity index (χ0) is 15.4. The second-order valence-corrected chi connectivity index (χ2v) is 6.06. The highest BCUT2D eigenvalue weighted by molar-refractivity contribution is 5.78. The number of rotatable bonds is 4. The maximum atomic E-state index is 4.82. The molecular formula is C18H24N4. The number of nitrogens with zero attached hydrogens (tertiary/aromatic N) is 4. The SMILES string of the molecule is Cn1cccc1/C=N/C1CCCCC1/N=C/c1cccn1C. The lowest BCUT2D eigenvalue weighted by molar-refractivity contribution is 0.390. The highest BCUT2D eigenvalue weighted by atomic mass is 15.0. The van der Waals surface area contributed by atoms with Crippen molar-refractivity contribution in [3.8, 4) is 0 Å². The van der Waals surface area contributed by atoms with Crippen molar-refractivity contribution in [1.29, 1.82) is 0 Å². The van der Waals surface area contributed by atoms with E-state index < -0.39 is 0 Å². The van der Waals surface area contributed by atoms with E-state index in [0.717, 1.165) is 24.2 Å². The van der Waals surface area contributed by atoms with Gasteiger partial charge in [-0.25, -0.2) is 0 Å². The third-order valence-corrected chi connectivity index (χ3v) is 4.46. The molecule has 0 amide bonds. The molecule has 4 heteroatoms. The van der Waals surface area contributed by atoms with Gasteiger partial charge in [-0.15, -0.1) is 0 Å². The van der Waals surface area contributed by atoms with Crippen molar-refractivity contribution < 1.29 is 0 Å². The lowest BCUT2D eigenvalue weighted by atomic mass is 9.91. The molecule has 2 unspecified atom stereocenters. The van der Waals surface area contributed by atoms with Gasteiger partial charge >= 0.3 is 0 Å². The first-order valence-electron chi connectivity index (χ1n) is 8.03. The van der Waals surface area contributed by atoms with Crippen LogP contribution in [0.1, 0.15) is 37.1 Å². The van der Waals surface area contributed by atoms with Crippen LogP contribution >= 0.6 is 0 Å². The molecule has 1 aliphatic carbocycles. The number of aromatic nitrogens is 2. The normalized spacial score (nSPS) is 22.8. The maximum Gasteiger partial charge on any atom is 0.0723 e. The molecule has 1 saturated carbocycles. The van der Waals surface area contributed by atoms with Gasteiger partial charge in [0.2, 0.25) is 0 Å². The minimum Gasteiger partial charge on any atom is -0.350 e. The number of hydrogen-bond acceptors (Lipinski definition) is 2. The van der Waals surface area contributed by atoms with Crippen LogP contribution in [0.15, 0.2) is 46.6 Å². The van der Waals surface area contributed by atoms with Crippen molar-refractivity contribution >= 4 is 12.4 Å².